The molecule has 8 heteroatoms. The van der Waals surface area contributed by atoms with Gasteiger partial charge < -0.3 is 15.4 Å². The van der Waals surface area contributed by atoms with E-state index in [2.05, 4.69) is 10.6 Å². The first-order valence-corrected chi connectivity index (χ1v) is 10.3. The zero-order chi connectivity index (χ0) is 22.6. The highest BCUT2D eigenvalue weighted by Gasteiger charge is 2.48. The molecule has 164 valence electrons. The van der Waals surface area contributed by atoms with Gasteiger partial charge in [0, 0.05) is 5.69 Å². The van der Waals surface area contributed by atoms with Crippen LogP contribution < -0.4 is 10.6 Å². The number of rotatable bonds is 8. The predicted molar refractivity (Wildman–Crippen MR) is 116 cm³/mol. The Kier molecular flexibility index (Phi) is 6.58. The summed E-state index contributed by atoms with van der Waals surface area (Å²) in [5, 5.41) is 7.33. The smallest absolute Gasteiger partial charge is 0.326 e. The monoisotopic (exact) mass is 425 g/mol. The molecule has 4 amide bonds. The number of carbonyl (C=O) groups is 4. The van der Waals surface area contributed by atoms with Crippen LogP contribution in [0.5, 0.6) is 0 Å². The number of anilines is 1. The Morgan fingerprint density at radius 2 is 1.84 bits per heavy atom. The van der Waals surface area contributed by atoms with E-state index in [1.165, 1.54) is 0 Å². The van der Waals surface area contributed by atoms with Gasteiger partial charge >= 0.3 is 12.0 Å². The number of carbonyl (C=O) groups excluding carboxylic acids is 4. The summed E-state index contributed by atoms with van der Waals surface area (Å²) in [5.74, 6) is -1.43. The highest BCUT2D eigenvalue weighted by atomic mass is 16.5. The van der Waals surface area contributed by atoms with E-state index in [1.54, 1.807) is 13.0 Å². The Morgan fingerprint density at radius 3 is 2.55 bits per heavy atom. The number of esters is 1. The number of amides is 4. The normalized spacial score (nSPS) is 18.4. The molecule has 0 aliphatic carbocycles. The highest BCUT2D eigenvalue weighted by molar-refractivity contribution is 6.08. The van der Waals surface area contributed by atoms with Crippen LogP contribution in [0.2, 0.25) is 0 Å². The second-order valence-corrected chi connectivity index (χ2v) is 8.36. The Morgan fingerprint density at radius 1 is 1.13 bits per heavy atom. The van der Waals surface area contributed by atoms with E-state index in [1.807, 2.05) is 50.2 Å². The quantitative estimate of drug-likeness (QED) is 0.500. The van der Waals surface area contributed by atoms with Gasteiger partial charge in [-0.05, 0) is 48.6 Å². The fourth-order valence-electron chi connectivity index (χ4n) is 3.42. The number of fused-ring (bicyclic) bond motifs is 1. The molecule has 0 bridgehead atoms. The van der Waals surface area contributed by atoms with Crippen LogP contribution in [0.25, 0.3) is 10.8 Å². The average Bonchev–Trinajstić information content (AvgIpc) is 2.94. The lowest BCUT2D eigenvalue weighted by molar-refractivity contribution is -0.150. The van der Waals surface area contributed by atoms with Crippen LogP contribution >= 0.6 is 0 Å². The molecule has 1 saturated heterocycles. The predicted octanol–water partition coefficient (Wildman–Crippen LogP) is 3.07. The van der Waals surface area contributed by atoms with Gasteiger partial charge in [-0.15, -0.1) is 0 Å². The third-order valence-electron chi connectivity index (χ3n) is 5.25. The number of hydrogen-bond acceptors (Lipinski definition) is 5. The molecule has 0 aromatic heterocycles. The van der Waals surface area contributed by atoms with Gasteiger partial charge in [0.1, 0.15) is 12.1 Å². The molecule has 31 heavy (non-hydrogen) atoms. The topological polar surface area (TPSA) is 105 Å². The van der Waals surface area contributed by atoms with Gasteiger partial charge in [-0.2, -0.15) is 0 Å². The molecule has 3 rings (SSSR count). The molecule has 1 aliphatic heterocycles. The van der Waals surface area contributed by atoms with E-state index < -0.39 is 42.5 Å². The summed E-state index contributed by atoms with van der Waals surface area (Å²) in [6.07, 6.45) is 1.24. The van der Waals surface area contributed by atoms with Crippen molar-refractivity contribution >= 4 is 40.3 Å². The molecule has 1 atom stereocenters. The SMILES string of the molecule is CC(C)CC[C@]1(C)NC(=O)N(CC(=O)OCC(=O)Nc2ccc3ccccc3c2)C1=O. The Labute approximate surface area is 180 Å². The van der Waals surface area contributed by atoms with E-state index in [9.17, 15) is 19.2 Å². The highest BCUT2D eigenvalue weighted by Crippen LogP contribution is 2.24. The minimum atomic E-state index is -1.03. The van der Waals surface area contributed by atoms with Gasteiger partial charge in [-0.3, -0.25) is 19.3 Å². The van der Waals surface area contributed by atoms with E-state index in [0.717, 1.165) is 22.1 Å². The first-order chi connectivity index (χ1) is 14.7. The van der Waals surface area contributed by atoms with Gasteiger partial charge in [0.2, 0.25) is 0 Å². The van der Waals surface area contributed by atoms with Gasteiger partial charge in [0.05, 0.1) is 0 Å². The van der Waals surface area contributed by atoms with Gasteiger partial charge in [0.15, 0.2) is 6.61 Å². The van der Waals surface area contributed by atoms with Crippen molar-refractivity contribution in [2.45, 2.75) is 39.2 Å². The Bertz CT molecular complexity index is 1020. The zero-order valence-corrected chi connectivity index (χ0v) is 17.9. The number of nitrogens with zero attached hydrogens (tertiary/aromatic N) is 1. The third-order valence-corrected chi connectivity index (χ3v) is 5.25. The number of nitrogens with one attached hydrogen (secondary N) is 2. The van der Waals surface area contributed by atoms with E-state index in [4.69, 9.17) is 4.74 Å². The molecule has 1 aliphatic rings. The van der Waals surface area contributed by atoms with Crippen LogP contribution in [0, 0.1) is 5.92 Å². The van der Waals surface area contributed by atoms with E-state index in [-0.39, 0.29) is 0 Å². The summed E-state index contributed by atoms with van der Waals surface area (Å²) in [5.41, 5.74) is -0.454. The van der Waals surface area contributed by atoms with Crippen LogP contribution in [0.15, 0.2) is 42.5 Å². The molecule has 8 nitrogen and oxygen atoms in total. The number of imide groups is 1. The van der Waals surface area contributed by atoms with Crippen LogP contribution in [-0.2, 0) is 19.1 Å². The maximum absolute atomic E-state index is 12.6. The molecule has 0 saturated carbocycles. The van der Waals surface area contributed by atoms with Crippen molar-refractivity contribution in [1.29, 1.82) is 0 Å². The maximum Gasteiger partial charge on any atom is 0.326 e. The van der Waals surface area contributed by atoms with Crippen molar-refractivity contribution in [3.05, 3.63) is 42.5 Å². The lowest BCUT2D eigenvalue weighted by Crippen LogP contribution is -2.44. The summed E-state index contributed by atoms with van der Waals surface area (Å²) in [7, 11) is 0. The summed E-state index contributed by atoms with van der Waals surface area (Å²) < 4.78 is 4.96. The van der Waals surface area contributed by atoms with Crippen LogP contribution in [-0.4, -0.2) is 47.4 Å². The first kappa shape index (κ1) is 22.3. The minimum Gasteiger partial charge on any atom is -0.454 e. The molecule has 0 spiro atoms. The Balaban J connectivity index is 1.50. The lowest BCUT2D eigenvalue weighted by atomic mass is 9.92. The van der Waals surface area contributed by atoms with Gasteiger partial charge in [0.25, 0.3) is 11.8 Å². The number of hydrogen-bond donors (Lipinski definition) is 2. The summed E-state index contributed by atoms with van der Waals surface area (Å²) in [6, 6.07) is 12.6. The molecular formula is C23H27N3O5. The van der Waals surface area contributed by atoms with Crippen molar-refractivity contribution in [3.63, 3.8) is 0 Å². The maximum atomic E-state index is 12.6. The third kappa shape index (κ3) is 5.39. The second kappa shape index (κ2) is 9.16. The average molecular weight is 425 g/mol. The van der Waals surface area contributed by atoms with Crippen molar-refractivity contribution in [1.82, 2.24) is 10.2 Å². The summed E-state index contributed by atoms with van der Waals surface area (Å²) in [4.78, 5) is 49.9. The molecule has 2 N–H and O–H groups in total. The number of benzene rings is 2. The number of ether oxygens (including phenoxy) is 1. The molecular weight excluding hydrogens is 398 g/mol. The molecule has 1 fully saturated rings. The fourth-order valence-corrected chi connectivity index (χ4v) is 3.42. The van der Waals surface area contributed by atoms with E-state index in [0.29, 0.717) is 18.0 Å². The minimum absolute atomic E-state index is 0.377. The standard InChI is InChI=1S/C23H27N3O5/c1-15(2)10-11-23(3)21(29)26(22(30)25-23)13-20(28)31-14-19(27)24-18-9-8-16-6-4-5-7-17(16)12-18/h4-9,12,15H,10-11,13-14H2,1-3H3,(H,24,27)(H,25,30)/t23-/m0/s1. The molecule has 0 unspecified atom stereocenters. The van der Waals surface area contributed by atoms with Crippen LogP contribution in [0.4, 0.5) is 10.5 Å². The first-order valence-electron chi connectivity index (χ1n) is 10.3. The van der Waals surface area contributed by atoms with Gasteiger partial charge in [-0.1, -0.05) is 44.2 Å². The van der Waals surface area contributed by atoms with Crippen LogP contribution in [0.3, 0.4) is 0 Å². The number of urea groups is 1. The Hall–Kier alpha value is -3.42. The van der Waals surface area contributed by atoms with Crippen molar-refractivity contribution in [3.8, 4) is 0 Å². The zero-order valence-electron chi connectivity index (χ0n) is 17.9. The van der Waals surface area contributed by atoms with Gasteiger partial charge in [-0.25, -0.2) is 4.79 Å². The van der Waals surface area contributed by atoms with Crippen molar-refractivity contribution in [2.24, 2.45) is 5.92 Å². The van der Waals surface area contributed by atoms with Crippen molar-refractivity contribution in [2.75, 3.05) is 18.5 Å². The second-order valence-electron chi connectivity index (χ2n) is 8.36. The summed E-state index contributed by atoms with van der Waals surface area (Å²) in [6.45, 7) is 4.66. The summed E-state index contributed by atoms with van der Waals surface area (Å²) >= 11 is 0. The fraction of sp³-hybridized carbons (Fsp3) is 0.391. The van der Waals surface area contributed by atoms with Crippen molar-refractivity contribution < 1.29 is 23.9 Å². The molecule has 2 aromatic carbocycles. The van der Waals surface area contributed by atoms with E-state index >= 15 is 0 Å². The largest absolute Gasteiger partial charge is 0.454 e. The molecule has 0 radical (unpaired) electrons. The molecule has 2 aromatic rings. The van der Waals surface area contributed by atoms with Crippen LogP contribution in [0.1, 0.15) is 33.6 Å². The lowest BCUT2D eigenvalue weighted by Gasteiger charge is -2.22. The molecule has 1 heterocycles.